The van der Waals surface area contributed by atoms with E-state index < -0.39 is 0 Å². The molecule has 0 radical (unpaired) electrons. The molecule has 0 amide bonds. The number of phenols is 2. The minimum Gasteiger partial charge on any atom is -0.507 e. The normalized spacial score (nSPS) is 13.5. The first-order chi connectivity index (χ1) is 47.0. The zero-order chi connectivity index (χ0) is 73.4. The fourth-order valence-corrected chi connectivity index (χ4v) is 12.5. The van der Waals surface area contributed by atoms with Gasteiger partial charge in [0.25, 0.3) is 0 Å². The molecule has 1 aliphatic carbocycles. The first-order valence-electron chi connectivity index (χ1n) is 36.2. The molecule has 1 aliphatic rings. The Bertz CT molecular complexity index is 3160. The molecular formula is C86H124O14. The molecule has 6 aromatic rings. The van der Waals surface area contributed by atoms with E-state index in [2.05, 4.69) is 197 Å². The third kappa shape index (κ3) is 22.9. The van der Waals surface area contributed by atoms with Gasteiger partial charge in [0.1, 0.15) is 60.9 Å². The van der Waals surface area contributed by atoms with Crippen LogP contribution in [0.2, 0.25) is 0 Å². The third-order valence-electron chi connectivity index (χ3n) is 18.6. The maximum absolute atomic E-state index is 13.4. The molecule has 552 valence electrons. The minimum absolute atomic E-state index is 0.216. The second kappa shape index (κ2) is 35.8. The lowest BCUT2D eigenvalue weighted by Crippen LogP contribution is -2.18. The highest BCUT2D eigenvalue weighted by Gasteiger charge is 2.31. The van der Waals surface area contributed by atoms with Crippen molar-refractivity contribution in [3.8, 4) is 34.5 Å². The maximum Gasteiger partial charge on any atom is 0.126 e. The predicted octanol–water partition coefficient (Wildman–Crippen LogP) is 16.9. The SMILES string of the molecule is COCCOCCOc1c2cc(C(C)(C)C)cc1Cc1cc(C(C)(C)C)cc(c1OCCOCCOC)Cc1cc(C(C)(C)C)cc(c1O)Cc1cc(C(C)(C)C)cc(c1OCCOCCOC)Cc1cc(C(C)(C)C)cc(c1OCCOCCOC)Cc1cc(C(C)(C)C)cc(c1O)C2. The number of hydrogen-bond donors (Lipinski definition) is 2. The summed E-state index contributed by atoms with van der Waals surface area (Å²) in [5, 5.41) is 26.8. The van der Waals surface area contributed by atoms with Gasteiger partial charge in [-0.25, -0.2) is 0 Å². The van der Waals surface area contributed by atoms with Crippen molar-refractivity contribution in [1.82, 2.24) is 0 Å². The van der Waals surface area contributed by atoms with Crippen LogP contribution in [0.25, 0.3) is 0 Å². The molecule has 0 aliphatic heterocycles. The summed E-state index contributed by atoms with van der Waals surface area (Å²) in [6.45, 7) is 46.3. The van der Waals surface area contributed by atoms with Gasteiger partial charge in [-0.3, -0.25) is 0 Å². The number of methoxy groups -OCH3 is 4. The molecule has 6 aromatic carbocycles. The van der Waals surface area contributed by atoms with Crippen LogP contribution < -0.4 is 18.9 Å². The van der Waals surface area contributed by atoms with Gasteiger partial charge in [0.05, 0.1) is 79.3 Å². The maximum atomic E-state index is 13.4. The topological polar surface area (TPSA) is 151 Å². The summed E-state index contributed by atoms with van der Waals surface area (Å²) < 4.78 is 74.6. The molecule has 0 atom stereocenters. The van der Waals surface area contributed by atoms with Gasteiger partial charge in [0.15, 0.2) is 0 Å². The minimum atomic E-state index is -0.318. The quantitative estimate of drug-likeness (QED) is 0.0448. The Hall–Kier alpha value is -6.20. The zero-order valence-electron chi connectivity index (χ0n) is 65.3. The third-order valence-corrected chi connectivity index (χ3v) is 18.6. The van der Waals surface area contributed by atoms with Gasteiger partial charge in [-0.1, -0.05) is 197 Å². The zero-order valence-corrected chi connectivity index (χ0v) is 65.3. The Morgan fingerprint density at radius 2 is 0.360 bits per heavy atom. The van der Waals surface area contributed by atoms with Crippen molar-refractivity contribution in [3.05, 3.63) is 173 Å². The van der Waals surface area contributed by atoms with Gasteiger partial charge in [-0.2, -0.15) is 0 Å². The van der Waals surface area contributed by atoms with E-state index in [0.717, 1.165) is 123 Å². The molecule has 100 heavy (non-hydrogen) atoms. The summed E-state index contributed by atoms with van der Waals surface area (Å²) in [5.41, 5.74) is 15.5. The van der Waals surface area contributed by atoms with Crippen molar-refractivity contribution >= 4 is 0 Å². The van der Waals surface area contributed by atoms with E-state index in [1.165, 1.54) is 0 Å². The Balaban J connectivity index is 1.66. The van der Waals surface area contributed by atoms with Crippen LogP contribution >= 0.6 is 0 Å². The Kier molecular flexibility index (Phi) is 29.0. The molecule has 2 N–H and O–H groups in total. The largest absolute Gasteiger partial charge is 0.507 e. The van der Waals surface area contributed by atoms with Crippen LogP contribution in [0, 0.1) is 0 Å². The van der Waals surface area contributed by atoms with E-state index in [1.54, 1.807) is 28.4 Å². The smallest absolute Gasteiger partial charge is 0.126 e. The number of rotatable bonds is 28. The fourth-order valence-electron chi connectivity index (χ4n) is 12.5. The van der Waals surface area contributed by atoms with Crippen LogP contribution in [0.5, 0.6) is 34.5 Å². The summed E-state index contributed by atoms with van der Waals surface area (Å²) in [5.74, 6) is 3.33. The Labute approximate surface area is 601 Å². The highest BCUT2D eigenvalue weighted by atomic mass is 16.6. The molecule has 12 bridgehead atoms. The van der Waals surface area contributed by atoms with E-state index in [9.17, 15) is 10.2 Å². The molecule has 14 heteroatoms. The van der Waals surface area contributed by atoms with E-state index in [-0.39, 0.29) is 70.4 Å². The molecule has 7 rings (SSSR count). The molecular weight excluding hydrogens is 1260 g/mol. The number of hydrogen-bond acceptors (Lipinski definition) is 14. The van der Waals surface area contributed by atoms with Crippen LogP contribution in [-0.2, 0) is 109 Å². The summed E-state index contributed by atoms with van der Waals surface area (Å²) >= 11 is 0. The molecule has 0 saturated carbocycles. The van der Waals surface area contributed by atoms with Crippen molar-refractivity contribution in [2.45, 2.75) is 196 Å². The van der Waals surface area contributed by atoms with Gasteiger partial charge in [-0.05, 0) is 133 Å². The van der Waals surface area contributed by atoms with Gasteiger partial charge in [-0.15, -0.1) is 0 Å². The molecule has 0 unspecified atom stereocenters. The lowest BCUT2D eigenvalue weighted by atomic mass is 9.79. The Morgan fingerprint density at radius 1 is 0.220 bits per heavy atom. The summed E-state index contributed by atoms with van der Waals surface area (Å²) in [6, 6.07) is 27.1. The number of phenolic OH excluding ortho intramolecular Hbond substituents is 2. The summed E-state index contributed by atoms with van der Waals surface area (Å²) in [4.78, 5) is 0. The summed E-state index contributed by atoms with van der Waals surface area (Å²) in [6.07, 6.45) is 2.24. The monoisotopic (exact) mass is 1380 g/mol. The molecule has 0 saturated heterocycles. The average Bonchev–Trinajstić information content (AvgIpc) is 0.776. The van der Waals surface area contributed by atoms with Crippen LogP contribution in [0.3, 0.4) is 0 Å². The fraction of sp³-hybridized carbons (Fsp3) is 0.581. The first kappa shape index (κ1) is 81.1. The molecule has 0 heterocycles. The predicted molar refractivity (Wildman–Crippen MR) is 404 cm³/mol. The van der Waals surface area contributed by atoms with Crippen molar-refractivity contribution in [2.24, 2.45) is 0 Å². The number of aromatic hydroxyl groups is 2. The number of fused-ring (bicyclic) bond motifs is 12. The van der Waals surface area contributed by atoms with Gasteiger partial charge < -0.3 is 67.1 Å². The van der Waals surface area contributed by atoms with Crippen LogP contribution in [0.4, 0.5) is 0 Å². The molecule has 14 nitrogen and oxygen atoms in total. The highest BCUT2D eigenvalue weighted by Crippen LogP contribution is 2.46. The van der Waals surface area contributed by atoms with E-state index in [1.807, 2.05) is 0 Å². The second-order valence-electron chi connectivity index (χ2n) is 33.2. The van der Waals surface area contributed by atoms with Gasteiger partial charge >= 0.3 is 0 Å². The lowest BCUT2D eigenvalue weighted by Gasteiger charge is -2.28. The Morgan fingerprint density at radius 3 is 0.510 bits per heavy atom. The average molecular weight is 1380 g/mol. The van der Waals surface area contributed by atoms with Crippen molar-refractivity contribution in [1.29, 1.82) is 0 Å². The van der Waals surface area contributed by atoms with Gasteiger partial charge in [0.2, 0.25) is 0 Å². The summed E-state index contributed by atoms with van der Waals surface area (Å²) in [7, 11) is 6.69. The standard InChI is InChI=1S/C86H124O14/c1-81(2,3)69-45-57-39-61-49-71(83(7,8)9)53-65(77(61)97-35-31-93-27-23-89-19)43-67-55-73(85(13,14)15)51-63(79(67)99-37-33-95-29-25-91-21)41-59-47-70(82(4,5)6)48-60(76(59)88)42-64-52-74(86(16,17)18)56-68(80(64)100-38-34-96-30-26-92-22)44-66-54-72(84(10,11)12)50-62(40-58(46-69)75(57)87)78(66)98-36-32-94-28-24-90-20/h45-56,87-88H,23-44H2,1-22H3. The molecule has 0 spiro atoms. The lowest BCUT2D eigenvalue weighted by molar-refractivity contribution is 0.0539. The van der Waals surface area contributed by atoms with Crippen molar-refractivity contribution in [3.63, 3.8) is 0 Å². The van der Waals surface area contributed by atoms with Crippen LogP contribution in [0.15, 0.2) is 72.8 Å². The van der Waals surface area contributed by atoms with E-state index in [4.69, 9.17) is 56.8 Å². The first-order valence-corrected chi connectivity index (χ1v) is 36.2. The van der Waals surface area contributed by atoms with Gasteiger partial charge in [0, 0.05) is 67.0 Å². The van der Waals surface area contributed by atoms with Crippen LogP contribution in [-0.4, -0.2) is 144 Å². The number of ether oxygens (including phenoxy) is 12. The highest BCUT2D eigenvalue weighted by molar-refractivity contribution is 5.61. The second-order valence-corrected chi connectivity index (χ2v) is 33.2. The van der Waals surface area contributed by atoms with Crippen molar-refractivity contribution < 1.29 is 67.1 Å². The van der Waals surface area contributed by atoms with Crippen molar-refractivity contribution in [2.75, 3.05) is 134 Å². The van der Waals surface area contributed by atoms with E-state index in [0.29, 0.717) is 118 Å². The van der Waals surface area contributed by atoms with Crippen LogP contribution in [0.1, 0.15) is 225 Å². The van der Waals surface area contributed by atoms with E-state index >= 15 is 0 Å². The molecule has 0 fully saturated rings. The molecule has 0 aromatic heterocycles. The number of benzene rings is 6.